The molecule has 1 aromatic rings. The molecule has 21 heavy (non-hydrogen) atoms. The summed E-state index contributed by atoms with van der Waals surface area (Å²) in [6.45, 7) is 0.713. The molecule has 112 valence electrons. The first-order valence-electron chi connectivity index (χ1n) is 7.07. The smallest absolute Gasteiger partial charge is 0.218 e. The van der Waals surface area contributed by atoms with E-state index in [-0.39, 0.29) is 11.7 Å². The van der Waals surface area contributed by atoms with Gasteiger partial charge in [-0.05, 0) is 12.8 Å². The zero-order valence-corrected chi connectivity index (χ0v) is 12.4. The largest absolute Gasteiger partial charge is 0.351 e. The molecular formula is C13H17N5O2S. The van der Waals surface area contributed by atoms with Crippen molar-refractivity contribution in [2.24, 2.45) is 0 Å². The summed E-state index contributed by atoms with van der Waals surface area (Å²) < 4.78 is 27.3. The minimum atomic E-state index is -3.29. The Bertz CT molecular complexity index is 657. The van der Waals surface area contributed by atoms with E-state index in [1.807, 2.05) is 6.07 Å². The number of anilines is 1. The Hall–Kier alpha value is -1.72. The van der Waals surface area contributed by atoms with E-state index in [9.17, 15) is 8.42 Å². The van der Waals surface area contributed by atoms with E-state index in [0.717, 1.165) is 25.7 Å². The van der Waals surface area contributed by atoms with Crippen molar-refractivity contribution in [3.63, 3.8) is 0 Å². The molecule has 7 nitrogen and oxygen atoms in total. The fourth-order valence-corrected chi connectivity index (χ4v) is 4.47. The number of sulfonamides is 1. The highest BCUT2D eigenvalue weighted by Crippen LogP contribution is 2.25. The van der Waals surface area contributed by atoms with Gasteiger partial charge in [0.25, 0.3) is 0 Å². The van der Waals surface area contributed by atoms with Crippen LogP contribution < -0.4 is 9.62 Å². The van der Waals surface area contributed by atoms with Gasteiger partial charge < -0.3 is 4.90 Å². The van der Waals surface area contributed by atoms with Gasteiger partial charge in [0, 0.05) is 31.5 Å². The monoisotopic (exact) mass is 307 g/mol. The lowest BCUT2D eigenvalue weighted by Crippen LogP contribution is -2.59. The van der Waals surface area contributed by atoms with Gasteiger partial charge in [-0.15, -0.1) is 0 Å². The van der Waals surface area contributed by atoms with Crippen molar-refractivity contribution in [1.29, 1.82) is 5.26 Å². The highest BCUT2D eigenvalue weighted by Gasteiger charge is 2.40. The molecule has 1 aliphatic heterocycles. The Balaban J connectivity index is 1.63. The normalized spacial score (nSPS) is 20.2. The van der Waals surface area contributed by atoms with Crippen LogP contribution in [-0.4, -0.2) is 42.8 Å². The van der Waals surface area contributed by atoms with Crippen molar-refractivity contribution in [1.82, 2.24) is 14.7 Å². The van der Waals surface area contributed by atoms with Crippen molar-refractivity contribution in [3.8, 4) is 6.07 Å². The van der Waals surface area contributed by atoms with Gasteiger partial charge in [0.05, 0.1) is 0 Å². The first kappa shape index (κ1) is 14.2. The molecule has 1 aliphatic carbocycles. The maximum atomic E-state index is 12.3. The van der Waals surface area contributed by atoms with Crippen LogP contribution in [0.5, 0.6) is 0 Å². The minimum absolute atomic E-state index is 0.0928. The number of aromatic nitrogens is 2. The minimum Gasteiger partial charge on any atom is -0.351 e. The van der Waals surface area contributed by atoms with Gasteiger partial charge in [0.2, 0.25) is 10.0 Å². The maximum Gasteiger partial charge on any atom is 0.218 e. The summed E-state index contributed by atoms with van der Waals surface area (Å²) in [5.41, 5.74) is 0.233. The average Bonchev–Trinajstić information content (AvgIpc) is 2.89. The number of nitriles is 1. The summed E-state index contributed by atoms with van der Waals surface area (Å²) in [4.78, 5) is 9.84. The third-order valence-corrected chi connectivity index (χ3v) is 5.90. The summed E-state index contributed by atoms with van der Waals surface area (Å²) in [5.74, 6) is 0.465. The van der Waals surface area contributed by atoms with E-state index >= 15 is 0 Å². The fourth-order valence-electron chi connectivity index (χ4n) is 2.82. The molecule has 0 unspecified atom stereocenters. The molecule has 1 aromatic heterocycles. The quantitative estimate of drug-likeness (QED) is 0.864. The molecule has 0 aromatic carbocycles. The molecule has 0 atom stereocenters. The summed E-state index contributed by atoms with van der Waals surface area (Å²) in [7, 11) is -3.29. The van der Waals surface area contributed by atoms with Crippen LogP contribution in [0.1, 0.15) is 31.4 Å². The summed E-state index contributed by atoms with van der Waals surface area (Å²) in [6, 6.07) is 2.07. The SMILES string of the molecule is N#Cc1nccnc1N1CC(S(=O)(=O)NC2CCCC2)C1. The highest BCUT2D eigenvalue weighted by molar-refractivity contribution is 7.90. The third-order valence-electron chi connectivity index (χ3n) is 4.06. The predicted octanol–water partition coefficient (Wildman–Crippen LogP) is 0.399. The van der Waals surface area contributed by atoms with Gasteiger partial charge in [0.15, 0.2) is 11.5 Å². The van der Waals surface area contributed by atoms with Crippen LogP contribution in [0.2, 0.25) is 0 Å². The van der Waals surface area contributed by atoms with Crippen LogP contribution in [0, 0.1) is 11.3 Å². The van der Waals surface area contributed by atoms with E-state index in [1.165, 1.54) is 12.4 Å². The highest BCUT2D eigenvalue weighted by atomic mass is 32.2. The Morgan fingerprint density at radius 3 is 2.57 bits per heavy atom. The number of nitrogens with one attached hydrogen (secondary N) is 1. The summed E-state index contributed by atoms with van der Waals surface area (Å²) in [6.07, 6.45) is 7.01. The standard InChI is InChI=1S/C13H17N5O2S/c14-7-12-13(16-6-5-15-12)18-8-11(9-18)21(19,20)17-10-3-1-2-4-10/h5-6,10-11,17H,1-4,8-9H2. The molecule has 0 radical (unpaired) electrons. The van der Waals surface area contributed by atoms with Crippen LogP contribution in [0.15, 0.2) is 12.4 Å². The first-order valence-corrected chi connectivity index (χ1v) is 8.62. The molecule has 0 bridgehead atoms. The lowest BCUT2D eigenvalue weighted by molar-refractivity contribution is 0.509. The zero-order chi connectivity index (χ0) is 14.9. The van der Waals surface area contributed by atoms with E-state index in [2.05, 4.69) is 14.7 Å². The van der Waals surface area contributed by atoms with Crippen LogP contribution >= 0.6 is 0 Å². The van der Waals surface area contributed by atoms with Crippen LogP contribution in [0.3, 0.4) is 0 Å². The molecule has 3 rings (SSSR count). The van der Waals surface area contributed by atoms with E-state index in [1.54, 1.807) is 4.90 Å². The van der Waals surface area contributed by atoms with Crippen LogP contribution in [0.25, 0.3) is 0 Å². The molecule has 8 heteroatoms. The molecule has 0 spiro atoms. The Kier molecular flexibility index (Phi) is 3.78. The molecular weight excluding hydrogens is 290 g/mol. The van der Waals surface area contributed by atoms with Gasteiger partial charge in [-0.1, -0.05) is 12.8 Å². The van der Waals surface area contributed by atoms with E-state index in [4.69, 9.17) is 5.26 Å². The van der Waals surface area contributed by atoms with Gasteiger partial charge in [0.1, 0.15) is 11.3 Å². The third kappa shape index (κ3) is 2.84. The fraction of sp³-hybridized carbons (Fsp3) is 0.615. The van der Waals surface area contributed by atoms with Crippen LogP contribution in [0.4, 0.5) is 5.82 Å². The van der Waals surface area contributed by atoms with Crippen molar-refractivity contribution in [2.45, 2.75) is 37.0 Å². The Morgan fingerprint density at radius 2 is 1.90 bits per heavy atom. The molecule has 1 N–H and O–H groups in total. The molecule has 2 aliphatic rings. The van der Waals surface area contributed by atoms with Crippen molar-refractivity contribution < 1.29 is 8.42 Å². The van der Waals surface area contributed by atoms with E-state index < -0.39 is 15.3 Å². The molecule has 1 saturated carbocycles. The maximum absolute atomic E-state index is 12.3. The molecule has 1 saturated heterocycles. The van der Waals surface area contributed by atoms with E-state index in [0.29, 0.717) is 18.9 Å². The van der Waals surface area contributed by atoms with Crippen LogP contribution in [-0.2, 0) is 10.0 Å². The molecule has 0 amide bonds. The van der Waals surface area contributed by atoms with Gasteiger partial charge in [-0.25, -0.2) is 23.1 Å². The first-order chi connectivity index (χ1) is 10.1. The predicted molar refractivity (Wildman–Crippen MR) is 77.1 cm³/mol. The molecule has 2 heterocycles. The second-order valence-electron chi connectivity index (χ2n) is 5.51. The van der Waals surface area contributed by atoms with Crippen molar-refractivity contribution >= 4 is 15.8 Å². The number of hydrogen-bond donors (Lipinski definition) is 1. The number of hydrogen-bond acceptors (Lipinski definition) is 6. The van der Waals surface area contributed by atoms with Gasteiger partial charge >= 0.3 is 0 Å². The second kappa shape index (κ2) is 5.58. The Morgan fingerprint density at radius 1 is 1.24 bits per heavy atom. The lowest BCUT2D eigenvalue weighted by atomic mass is 10.2. The molecule has 2 fully saturated rings. The van der Waals surface area contributed by atoms with Gasteiger partial charge in [-0.2, -0.15) is 5.26 Å². The summed E-state index contributed by atoms with van der Waals surface area (Å²) >= 11 is 0. The van der Waals surface area contributed by atoms with Gasteiger partial charge in [-0.3, -0.25) is 0 Å². The average molecular weight is 307 g/mol. The second-order valence-corrected chi connectivity index (χ2v) is 7.50. The lowest BCUT2D eigenvalue weighted by Gasteiger charge is -2.39. The Labute approximate surface area is 124 Å². The van der Waals surface area contributed by atoms with Crippen molar-refractivity contribution in [2.75, 3.05) is 18.0 Å². The zero-order valence-electron chi connectivity index (χ0n) is 11.6. The van der Waals surface area contributed by atoms with Crippen molar-refractivity contribution in [3.05, 3.63) is 18.1 Å². The summed E-state index contributed by atoms with van der Waals surface area (Å²) in [5, 5.41) is 8.55. The topological polar surface area (TPSA) is 99.0 Å². The number of rotatable bonds is 4. The number of nitrogens with zero attached hydrogens (tertiary/aromatic N) is 4.